The van der Waals surface area contributed by atoms with Gasteiger partial charge in [-0.3, -0.25) is 4.79 Å². The number of carbonyl (C=O) groups excluding carboxylic acids is 1. The van der Waals surface area contributed by atoms with Crippen molar-refractivity contribution in [2.24, 2.45) is 0 Å². The number of ether oxygens (including phenoxy) is 1. The largest absolute Gasteiger partial charge is 0.497 e. The number of hydrogen-bond acceptors (Lipinski definition) is 5. The summed E-state index contributed by atoms with van der Waals surface area (Å²) in [6.45, 7) is 6.35. The summed E-state index contributed by atoms with van der Waals surface area (Å²) in [6, 6.07) is 11.5. The number of amides is 1. The molecule has 0 saturated carbocycles. The lowest BCUT2D eigenvalue weighted by Gasteiger charge is -2.20. The van der Waals surface area contributed by atoms with Gasteiger partial charge in [-0.2, -0.15) is 0 Å². The van der Waals surface area contributed by atoms with Crippen molar-refractivity contribution in [3.05, 3.63) is 47.7 Å². The third-order valence-corrected chi connectivity index (χ3v) is 4.01. The average molecular weight is 356 g/mol. The van der Waals surface area contributed by atoms with E-state index in [0.717, 1.165) is 44.6 Å². The summed E-state index contributed by atoms with van der Waals surface area (Å²) in [6.07, 6.45) is 2.71. The van der Waals surface area contributed by atoms with Gasteiger partial charge in [-0.25, -0.2) is 0 Å². The molecule has 1 heterocycles. The maximum absolute atomic E-state index is 12.5. The van der Waals surface area contributed by atoms with E-state index >= 15 is 0 Å². The van der Waals surface area contributed by atoms with Crippen LogP contribution >= 0.6 is 0 Å². The van der Waals surface area contributed by atoms with Gasteiger partial charge in [0.25, 0.3) is 5.91 Å². The Labute approximate surface area is 155 Å². The minimum Gasteiger partial charge on any atom is -0.497 e. The Morgan fingerprint density at radius 3 is 2.50 bits per heavy atom. The third kappa shape index (κ3) is 5.72. The number of rotatable bonds is 10. The molecule has 6 nitrogen and oxygen atoms in total. The van der Waals surface area contributed by atoms with Gasteiger partial charge in [-0.05, 0) is 49.1 Å². The van der Waals surface area contributed by atoms with Crippen LogP contribution in [0, 0.1) is 0 Å². The molecule has 1 amide bonds. The molecule has 0 aliphatic rings. The van der Waals surface area contributed by atoms with Gasteiger partial charge in [0, 0.05) is 19.6 Å². The van der Waals surface area contributed by atoms with Gasteiger partial charge in [-0.1, -0.05) is 26.0 Å². The topological polar surface area (TPSA) is 67.4 Å². The molecule has 2 aromatic rings. The molecule has 0 aliphatic heterocycles. The number of aromatic nitrogens is 2. The fourth-order valence-electron chi connectivity index (χ4n) is 2.72. The fraction of sp³-hybridized carbons (Fsp3) is 0.450. The molecule has 1 N–H and O–H groups in total. The molecule has 1 aromatic heterocycles. The molecule has 0 atom stereocenters. The first kappa shape index (κ1) is 19.7. The number of nitrogens with zero attached hydrogens (tertiary/aromatic N) is 3. The molecular formula is C20H28N4O2. The molecular weight excluding hydrogens is 328 g/mol. The third-order valence-electron chi connectivity index (χ3n) is 4.01. The zero-order valence-electron chi connectivity index (χ0n) is 15.9. The van der Waals surface area contributed by atoms with Crippen LogP contribution in [0.3, 0.4) is 0 Å². The highest BCUT2D eigenvalue weighted by Crippen LogP contribution is 2.13. The lowest BCUT2D eigenvalue weighted by Crippen LogP contribution is -2.33. The SMILES string of the molecule is CCCN(CCC)C(=O)c1ccc(NCCc2cccc(OC)c2)nn1. The first-order valence-electron chi connectivity index (χ1n) is 9.17. The Kier molecular flexibility index (Phi) is 7.86. The number of benzene rings is 1. The predicted octanol–water partition coefficient (Wildman–Crippen LogP) is 3.40. The lowest BCUT2D eigenvalue weighted by molar-refractivity contribution is 0.0748. The monoisotopic (exact) mass is 356 g/mol. The molecule has 1 aromatic carbocycles. The minimum absolute atomic E-state index is 0.0517. The van der Waals surface area contributed by atoms with Gasteiger partial charge in [-0.15, -0.1) is 10.2 Å². The van der Waals surface area contributed by atoms with Crippen LogP contribution in [-0.2, 0) is 6.42 Å². The maximum atomic E-state index is 12.5. The number of anilines is 1. The second-order valence-electron chi connectivity index (χ2n) is 6.12. The summed E-state index contributed by atoms with van der Waals surface area (Å²) in [5.74, 6) is 1.47. The van der Waals surface area contributed by atoms with E-state index in [4.69, 9.17) is 4.74 Å². The summed E-state index contributed by atoms with van der Waals surface area (Å²) in [5, 5.41) is 11.5. The van der Waals surface area contributed by atoms with Gasteiger partial charge in [0.2, 0.25) is 0 Å². The van der Waals surface area contributed by atoms with Crippen molar-refractivity contribution in [2.45, 2.75) is 33.1 Å². The van der Waals surface area contributed by atoms with Gasteiger partial charge in [0.15, 0.2) is 5.69 Å². The van der Waals surface area contributed by atoms with Crippen molar-refractivity contribution in [2.75, 3.05) is 32.1 Å². The summed E-state index contributed by atoms with van der Waals surface area (Å²) in [7, 11) is 1.66. The maximum Gasteiger partial charge on any atom is 0.274 e. The van der Waals surface area contributed by atoms with Gasteiger partial charge in [0.05, 0.1) is 7.11 Å². The van der Waals surface area contributed by atoms with Crippen molar-refractivity contribution in [1.29, 1.82) is 0 Å². The van der Waals surface area contributed by atoms with Crippen LogP contribution in [0.4, 0.5) is 5.82 Å². The zero-order chi connectivity index (χ0) is 18.8. The Morgan fingerprint density at radius 1 is 1.12 bits per heavy atom. The van der Waals surface area contributed by atoms with Gasteiger partial charge < -0.3 is 15.0 Å². The molecule has 0 spiro atoms. The van der Waals surface area contributed by atoms with E-state index in [1.807, 2.05) is 29.2 Å². The van der Waals surface area contributed by atoms with E-state index in [-0.39, 0.29) is 5.91 Å². The zero-order valence-corrected chi connectivity index (χ0v) is 15.9. The number of nitrogens with one attached hydrogen (secondary N) is 1. The summed E-state index contributed by atoms with van der Waals surface area (Å²) in [5.41, 5.74) is 1.58. The molecule has 140 valence electrons. The second kappa shape index (κ2) is 10.4. The van der Waals surface area contributed by atoms with E-state index in [2.05, 4.69) is 35.4 Å². The van der Waals surface area contributed by atoms with Crippen LogP contribution in [0.5, 0.6) is 5.75 Å². The number of carbonyl (C=O) groups is 1. The first-order valence-corrected chi connectivity index (χ1v) is 9.17. The molecule has 6 heteroatoms. The molecule has 2 rings (SSSR count). The molecule has 0 fully saturated rings. The highest BCUT2D eigenvalue weighted by molar-refractivity contribution is 5.92. The Morgan fingerprint density at radius 2 is 1.88 bits per heavy atom. The average Bonchev–Trinajstić information content (AvgIpc) is 2.68. The van der Waals surface area contributed by atoms with E-state index in [9.17, 15) is 4.79 Å². The van der Waals surface area contributed by atoms with Crippen LogP contribution in [-0.4, -0.2) is 47.7 Å². The Hall–Kier alpha value is -2.63. The summed E-state index contributed by atoms with van der Waals surface area (Å²) >= 11 is 0. The van der Waals surface area contributed by atoms with Crippen LogP contribution < -0.4 is 10.1 Å². The van der Waals surface area contributed by atoms with Crippen molar-refractivity contribution in [1.82, 2.24) is 15.1 Å². The van der Waals surface area contributed by atoms with E-state index in [1.54, 1.807) is 13.2 Å². The normalized spacial score (nSPS) is 10.4. The lowest BCUT2D eigenvalue weighted by atomic mass is 10.1. The van der Waals surface area contributed by atoms with Gasteiger partial charge in [0.1, 0.15) is 11.6 Å². The van der Waals surface area contributed by atoms with Crippen molar-refractivity contribution in [3.63, 3.8) is 0 Å². The van der Waals surface area contributed by atoms with Gasteiger partial charge >= 0.3 is 0 Å². The highest BCUT2D eigenvalue weighted by Gasteiger charge is 2.16. The number of hydrogen-bond donors (Lipinski definition) is 1. The van der Waals surface area contributed by atoms with E-state index in [0.29, 0.717) is 11.5 Å². The molecule has 0 saturated heterocycles. The second-order valence-corrected chi connectivity index (χ2v) is 6.12. The van der Waals surface area contributed by atoms with Crippen LogP contribution in [0.1, 0.15) is 42.7 Å². The molecule has 26 heavy (non-hydrogen) atoms. The van der Waals surface area contributed by atoms with Crippen LogP contribution in [0.25, 0.3) is 0 Å². The van der Waals surface area contributed by atoms with Crippen molar-refractivity contribution >= 4 is 11.7 Å². The fourth-order valence-corrected chi connectivity index (χ4v) is 2.72. The van der Waals surface area contributed by atoms with Crippen molar-refractivity contribution < 1.29 is 9.53 Å². The number of methoxy groups -OCH3 is 1. The molecule has 0 radical (unpaired) electrons. The predicted molar refractivity (Wildman–Crippen MR) is 104 cm³/mol. The highest BCUT2D eigenvalue weighted by atomic mass is 16.5. The smallest absolute Gasteiger partial charge is 0.274 e. The molecule has 0 unspecified atom stereocenters. The summed E-state index contributed by atoms with van der Waals surface area (Å²) < 4.78 is 5.23. The van der Waals surface area contributed by atoms with E-state index in [1.165, 1.54) is 5.56 Å². The summed E-state index contributed by atoms with van der Waals surface area (Å²) in [4.78, 5) is 14.3. The first-order chi connectivity index (χ1) is 12.7. The Bertz CT molecular complexity index is 682. The van der Waals surface area contributed by atoms with Crippen molar-refractivity contribution in [3.8, 4) is 5.75 Å². The molecule has 0 aliphatic carbocycles. The van der Waals surface area contributed by atoms with Crippen LogP contribution in [0.15, 0.2) is 36.4 Å². The Balaban J connectivity index is 1.89. The molecule has 0 bridgehead atoms. The van der Waals surface area contributed by atoms with Crippen LogP contribution in [0.2, 0.25) is 0 Å². The minimum atomic E-state index is -0.0517. The van der Waals surface area contributed by atoms with E-state index < -0.39 is 0 Å². The quantitative estimate of drug-likeness (QED) is 0.707. The standard InChI is InChI=1S/C20H28N4O2/c1-4-13-24(14-5-2)20(25)18-9-10-19(23-22-18)21-12-11-16-7-6-8-17(15-16)26-3/h6-10,15H,4-5,11-14H2,1-3H3,(H,21,23).